The summed E-state index contributed by atoms with van der Waals surface area (Å²) in [7, 11) is 0. The fourth-order valence-electron chi connectivity index (χ4n) is 3.80. The van der Waals surface area contributed by atoms with Gasteiger partial charge in [0.05, 0.1) is 45.2 Å². The molecule has 36 heavy (non-hydrogen) atoms. The zero-order chi connectivity index (χ0) is 27.5. The second-order valence-electron chi connectivity index (χ2n) is 10.3. The van der Waals surface area contributed by atoms with Crippen molar-refractivity contribution in [2.45, 2.75) is 79.2 Å². The number of hydrogen-bond acceptors (Lipinski definition) is 7. The van der Waals surface area contributed by atoms with Crippen LogP contribution in [0.3, 0.4) is 0 Å². The molecule has 0 rings (SSSR count). The van der Waals surface area contributed by atoms with Gasteiger partial charge in [-0.15, -0.1) is 0 Å². The third-order valence-electron chi connectivity index (χ3n) is 6.09. The molecule has 0 aliphatic rings. The lowest BCUT2D eigenvalue weighted by atomic mass is 9.72. The number of hydrogen-bond donors (Lipinski definition) is 3. The lowest BCUT2D eigenvalue weighted by molar-refractivity contribution is -0.137. The first-order valence-corrected chi connectivity index (χ1v) is 13.0. The van der Waals surface area contributed by atoms with Crippen LogP contribution in [0.2, 0.25) is 0 Å². The van der Waals surface area contributed by atoms with Crippen molar-refractivity contribution in [3.8, 4) is 0 Å². The van der Waals surface area contributed by atoms with E-state index in [0.29, 0.717) is 58.5 Å². The molecular formula is C26H50N2O8. The Bertz CT molecular complexity index is 625. The third-order valence-corrected chi connectivity index (χ3v) is 6.09. The van der Waals surface area contributed by atoms with E-state index in [0.717, 1.165) is 12.8 Å². The Morgan fingerprint density at radius 1 is 0.806 bits per heavy atom. The molecule has 0 saturated carbocycles. The van der Waals surface area contributed by atoms with Crippen LogP contribution >= 0.6 is 0 Å². The maximum Gasteiger partial charge on any atom is 0.303 e. The molecule has 0 saturated heterocycles. The van der Waals surface area contributed by atoms with Gasteiger partial charge in [-0.3, -0.25) is 14.4 Å². The van der Waals surface area contributed by atoms with E-state index >= 15 is 0 Å². The predicted octanol–water partition coefficient (Wildman–Crippen LogP) is 2.78. The average molecular weight is 519 g/mol. The van der Waals surface area contributed by atoms with Crippen LogP contribution in [-0.2, 0) is 33.3 Å². The molecular weight excluding hydrogens is 468 g/mol. The molecule has 0 bridgehead atoms. The first-order chi connectivity index (χ1) is 16.9. The van der Waals surface area contributed by atoms with E-state index in [2.05, 4.69) is 52.2 Å². The minimum absolute atomic E-state index is 0.0211. The van der Waals surface area contributed by atoms with Gasteiger partial charge in [-0.1, -0.05) is 34.1 Å². The smallest absolute Gasteiger partial charge is 0.303 e. The molecule has 1 unspecified atom stereocenters. The minimum atomic E-state index is -0.912. The lowest BCUT2D eigenvalue weighted by Crippen LogP contribution is -2.36. The predicted molar refractivity (Wildman–Crippen MR) is 138 cm³/mol. The molecule has 0 aromatic carbocycles. The number of ether oxygens (including phenoxy) is 4. The summed E-state index contributed by atoms with van der Waals surface area (Å²) in [6.45, 7) is 16.3. The highest BCUT2D eigenvalue weighted by Crippen LogP contribution is 2.38. The normalized spacial score (nSPS) is 12.8. The Balaban J connectivity index is 3.60. The van der Waals surface area contributed by atoms with Gasteiger partial charge in [0.2, 0.25) is 11.8 Å². The molecule has 1 atom stereocenters. The fraction of sp³-hybridized carbons (Fsp3) is 0.885. The quantitative estimate of drug-likeness (QED) is 0.176. The highest BCUT2D eigenvalue weighted by Gasteiger charge is 2.32. The second kappa shape index (κ2) is 19.4. The van der Waals surface area contributed by atoms with Crippen LogP contribution in [0.15, 0.2) is 0 Å². The molecule has 0 radical (unpaired) electrons. The summed E-state index contributed by atoms with van der Waals surface area (Å²) in [6.07, 6.45) is 2.60. The molecule has 0 aliphatic carbocycles. The van der Waals surface area contributed by atoms with E-state index in [9.17, 15) is 14.4 Å². The zero-order valence-electron chi connectivity index (χ0n) is 23.3. The number of aliphatic carboxylic acids is 1. The summed E-state index contributed by atoms with van der Waals surface area (Å²) in [4.78, 5) is 33.6. The number of carboxylic acid groups (broad SMARTS) is 1. The van der Waals surface area contributed by atoms with Crippen LogP contribution in [-0.4, -0.2) is 87.8 Å². The van der Waals surface area contributed by atoms with Crippen LogP contribution in [0, 0.1) is 11.3 Å². The van der Waals surface area contributed by atoms with Gasteiger partial charge in [0.15, 0.2) is 0 Å². The SMILES string of the molecule is CCC(C)C(C)(C)CC(C)(C)OCCOCCNC(=O)COCCOCCNC(=O)CCCC(=O)O. The Kier molecular flexibility index (Phi) is 18.4. The van der Waals surface area contributed by atoms with Gasteiger partial charge in [-0.2, -0.15) is 0 Å². The average Bonchev–Trinajstić information content (AvgIpc) is 2.78. The van der Waals surface area contributed by atoms with Gasteiger partial charge >= 0.3 is 5.97 Å². The minimum Gasteiger partial charge on any atom is -0.481 e. The van der Waals surface area contributed by atoms with Gasteiger partial charge in [0.1, 0.15) is 6.61 Å². The van der Waals surface area contributed by atoms with Crippen molar-refractivity contribution in [1.82, 2.24) is 10.6 Å². The second-order valence-corrected chi connectivity index (χ2v) is 10.3. The molecule has 0 aromatic heterocycles. The summed E-state index contributed by atoms with van der Waals surface area (Å²) < 4.78 is 22.2. The van der Waals surface area contributed by atoms with Crippen LogP contribution in [0.25, 0.3) is 0 Å². The highest BCUT2D eigenvalue weighted by atomic mass is 16.5. The Morgan fingerprint density at radius 3 is 1.94 bits per heavy atom. The number of carbonyl (C=O) groups is 3. The van der Waals surface area contributed by atoms with Crippen LogP contribution in [0.1, 0.15) is 73.6 Å². The van der Waals surface area contributed by atoms with Gasteiger partial charge in [0.25, 0.3) is 0 Å². The Hall–Kier alpha value is -1.75. The lowest BCUT2D eigenvalue weighted by Gasteiger charge is -2.38. The molecule has 2 amide bonds. The third kappa shape index (κ3) is 19.4. The number of nitrogens with one attached hydrogen (secondary N) is 2. The molecule has 0 aliphatic heterocycles. The molecule has 212 valence electrons. The maximum absolute atomic E-state index is 11.8. The van der Waals surface area contributed by atoms with E-state index in [-0.39, 0.29) is 48.9 Å². The summed E-state index contributed by atoms with van der Waals surface area (Å²) in [6, 6.07) is 0. The van der Waals surface area contributed by atoms with Crippen molar-refractivity contribution >= 4 is 17.8 Å². The zero-order valence-corrected chi connectivity index (χ0v) is 23.3. The summed E-state index contributed by atoms with van der Waals surface area (Å²) in [5.41, 5.74) is -0.0103. The van der Waals surface area contributed by atoms with Crippen LogP contribution < -0.4 is 10.6 Å². The maximum atomic E-state index is 11.8. The molecule has 10 nitrogen and oxygen atoms in total. The van der Waals surface area contributed by atoms with Crippen molar-refractivity contribution in [3.63, 3.8) is 0 Å². The summed E-state index contributed by atoms with van der Waals surface area (Å²) >= 11 is 0. The molecule has 0 fully saturated rings. The van der Waals surface area contributed by atoms with Crippen molar-refractivity contribution in [2.75, 3.05) is 59.3 Å². The van der Waals surface area contributed by atoms with Gasteiger partial charge < -0.3 is 34.7 Å². The van der Waals surface area contributed by atoms with Gasteiger partial charge in [0, 0.05) is 25.9 Å². The van der Waals surface area contributed by atoms with Gasteiger partial charge in [-0.25, -0.2) is 0 Å². The van der Waals surface area contributed by atoms with Gasteiger partial charge in [-0.05, 0) is 38.0 Å². The van der Waals surface area contributed by atoms with E-state index in [1.54, 1.807) is 0 Å². The molecule has 0 aromatic rings. The van der Waals surface area contributed by atoms with E-state index in [1.165, 1.54) is 0 Å². The number of amides is 2. The van der Waals surface area contributed by atoms with E-state index < -0.39 is 5.97 Å². The Morgan fingerprint density at radius 2 is 1.36 bits per heavy atom. The van der Waals surface area contributed by atoms with Crippen molar-refractivity contribution < 1.29 is 38.4 Å². The first-order valence-electron chi connectivity index (χ1n) is 13.0. The molecule has 0 heterocycles. The monoisotopic (exact) mass is 518 g/mol. The summed E-state index contributed by atoms with van der Waals surface area (Å²) in [5.74, 6) is -0.711. The standard InChI is InChI=1S/C26H50N2O8/c1-7-21(2)25(3,4)20-26(5,6)36-18-17-34-14-12-28-23(30)19-35-16-15-33-13-11-27-22(29)9-8-10-24(31)32/h21H,7-20H2,1-6H3,(H,27,29)(H,28,30)(H,31,32). The van der Waals surface area contributed by atoms with Crippen molar-refractivity contribution in [1.29, 1.82) is 0 Å². The fourth-order valence-corrected chi connectivity index (χ4v) is 3.80. The first kappa shape index (κ1) is 34.2. The topological polar surface area (TPSA) is 132 Å². The largest absolute Gasteiger partial charge is 0.481 e. The number of carboxylic acids is 1. The van der Waals surface area contributed by atoms with Crippen molar-refractivity contribution in [3.05, 3.63) is 0 Å². The number of carbonyl (C=O) groups excluding carboxylic acids is 2. The van der Waals surface area contributed by atoms with E-state index in [4.69, 9.17) is 24.1 Å². The van der Waals surface area contributed by atoms with Crippen molar-refractivity contribution in [2.24, 2.45) is 11.3 Å². The molecule has 10 heteroatoms. The molecule has 3 N–H and O–H groups in total. The van der Waals surface area contributed by atoms with Crippen LogP contribution in [0.4, 0.5) is 0 Å². The Labute approximate surface area is 217 Å². The summed E-state index contributed by atoms with van der Waals surface area (Å²) in [5, 5.41) is 13.9. The highest BCUT2D eigenvalue weighted by molar-refractivity contribution is 5.77. The number of rotatable bonds is 23. The molecule has 0 spiro atoms. The van der Waals surface area contributed by atoms with Crippen LogP contribution in [0.5, 0.6) is 0 Å². The van der Waals surface area contributed by atoms with E-state index in [1.807, 2.05) is 0 Å².